The highest BCUT2D eigenvalue weighted by molar-refractivity contribution is 7.92. The maximum absolute atomic E-state index is 12.8. The van der Waals surface area contributed by atoms with E-state index in [2.05, 4.69) is 17.1 Å². The van der Waals surface area contributed by atoms with Gasteiger partial charge in [-0.1, -0.05) is 30.9 Å². The van der Waals surface area contributed by atoms with E-state index < -0.39 is 15.9 Å². The molecule has 1 N–H and O–H groups in total. The lowest BCUT2D eigenvalue weighted by Crippen LogP contribution is -2.26. The van der Waals surface area contributed by atoms with Gasteiger partial charge in [-0.2, -0.15) is 5.10 Å². The number of carbonyl (C=O) groups is 1. The first-order valence-electron chi connectivity index (χ1n) is 10.8. The summed E-state index contributed by atoms with van der Waals surface area (Å²) in [5, 5.41) is 4.00. The van der Waals surface area contributed by atoms with Crippen molar-refractivity contribution in [3.63, 3.8) is 0 Å². The highest BCUT2D eigenvalue weighted by Crippen LogP contribution is 2.28. The molecule has 0 unspecified atom stereocenters. The standard InChI is InChI=1S/C26H27N3O5S/c1-4-17-34-24-16-11-20(18-25(24)33-5-2)19-27-28-26(30)21-12-14-22(15-13-21)29(3)35(31,32)23-9-7-6-8-10-23/h4,6-16,18-19H,1,5,17H2,2-3H3,(H,28,30)/b27-19-. The number of benzene rings is 3. The first-order valence-corrected chi connectivity index (χ1v) is 12.3. The summed E-state index contributed by atoms with van der Waals surface area (Å²) in [5.41, 5.74) is 3.94. The molecule has 9 heteroatoms. The Morgan fingerprint density at radius 3 is 2.40 bits per heavy atom. The van der Waals surface area contributed by atoms with Crippen molar-refractivity contribution < 1.29 is 22.7 Å². The predicted molar refractivity (Wildman–Crippen MR) is 137 cm³/mol. The van der Waals surface area contributed by atoms with Gasteiger partial charge in [0.25, 0.3) is 15.9 Å². The van der Waals surface area contributed by atoms with Crippen molar-refractivity contribution in [1.29, 1.82) is 0 Å². The number of hydrazone groups is 1. The zero-order valence-corrected chi connectivity index (χ0v) is 20.4. The minimum Gasteiger partial charge on any atom is -0.490 e. The molecule has 182 valence electrons. The number of rotatable bonds is 11. The molecule has 3 aromatic rings. The smallest absolute Gasteiger partial charge is 0.271 e. The zero-order chi connectivity index (χ0) is 25.3. The Labute approximate surface area is 205 Å². The Morgan fingerprint density at radius 1 is 1.03 bits per heavy atom. The van der Waals surface area contributed by atoms with Gasteiger partial charge >= 0.3 is 0 Å². The predicted octanol–water partition coefficient (Wildman–Crippen LogP) is 4.24. The molecule has 8 nitrogen and oxygen atoms in total. The molecule has 3 aromatic carbocycles. The lowest BCUT2D eigenvalue weighted by molar-refractivity contribution is 0.0955. The fourth-order valence-electron chi connectivity index (χ4n) is 3.08. The number of hydrogen-bond acceptors (Lipinski definition) is 6. The Balaban J connectivity index is 1.65. The summed E-state index contributed by atoms with van der Waals surface area (Å²) in [5.74, 6) is 0.722. The largest absolute Gasteiger partial charge is 0.490 e. The summed E-state index contributed by atoms with van der Waals surface area (Å²) in [6.45, 7) is 6.33. The molecule has 0 aliphatic rings. The average Bonchev–Trinajstić information content (AvgIpc) is 2.88. The van der Waals surface area contributed by atoms with Crippen LogP contribution in [-0.4, -0.2) is 40.8 Å². The third-order valence-corrected chi connectivity index (χ3v) is 6.70. The summed E-state index contributed by atoms with van der Waals surface area (Å²) in [4.78, 5) is 12.7. The molecule has 0 aromatic heterocycles. The van der Waals surface area contributed by atoms with Crippen LogP contribution in [0.1, 0.15) is 22.8 Å². The third kappa shape index (κ3) is 6.48. The molecule has 0 fully saturated rings. The van der Waals surface area contributed by atoms with Gasteiger partial charge in [0.2, 0.25) is 0 Å². The van der Waals surface area contributed by atoms with E-state index >= 15 is 0 Å². The number of ether oxygens (including phenoxy) is 2. The molecule has 0 aliphatic carbocycles. The number of hydrogen-bond donors (Lipinski definition) is 1. The molecule has 3 rings (SSSR count). The fourth-order valence-corrected chi connectivity index (χ4v) is 4.30. The first kappa shape index (κ1) is 25.5. The molecule has 0 radical (unpaired) electrons. The van der Waals surface area contributed by atoms with Crippen molar-refractivity contribution in [3.05, 3.63) is 96.6 Å². The fraction of sp³-hybridized carbons (Fsp3) is 0.154. The van der Waals surface area contributed by atoms with E-state index in [0.717, 1.165) is 0 Å². The highest BCUT2D eigenvalue weighted by atomic mass is 32.2. The van der Waals surface area contributed by atoms with Crippen molar-refractivity contribution in [3.8, 4) is 11.5 Å². The highest BCUT2D eigenvalue weighted by Gasteiger charge is 2.21. The number of anilines is 1. The van der Waals surface area contributed by atoms with Crippen LogP contribution in [0.25, 0.3) is 0 Å². The van der Waals surface area contributed by atoms with Crippen molar-refractivity contribution >= 4 is 27.8 Å². The SMILES string of the molecule is C=CCOc1ccc(/C=N\NC(=O)c2ccc(N(C)S(=O)(=O)c3ccccc3)cc2)cc1OCC. The zero-order valence-electron chi connectivity index (χ0n) is 19.5. The lowest BCUT2D eigenvalue weighted by atomic mass is 10.2. The number of nitrogens with one attached hydrogen (secondary N) is 1. The van der Waals surface area contributed by atoms with E-state index in [0.29, 0.717) is 41.5 Å². The third-order valence-electron chi connectivity index (χ3n) is 4.90. The van der Waals surface area contributed by atoms with Crippen molar-refractivity contribution in [1.82, 2.24) is 5.43 Å². The summed E-state index contributed by atoms with van der Waals surface area (Å²) >= 11 is 0. The second kappa shape index (κ2) is 11.8. The molecule has 1 amide bonds. The second-order valence-electron chi connectivity index (χ2n) is 7.27. The van der Waals surface area contributed by atoms with Crippen LogP contribution in [0.15, 0.2) is 95.4 Å². The van der Waals surface area contributed by atoms with Gasteiger partial charge < -0.3 is 9.47 Å². The summed E-state index contributed by atoms with van der Waals surface area (Å²) in [6.07, 6.45) is 3.14. The van der Waals surface area contributed by atoms with Crippen LogP contribution in [-0.2, 0) is 10.0 Å². The maximum Gasteiger partial charge on any atom is 0.271 e. The van der Waals surface area contributed by atoms with Crippen LogP contribution >= 0.6 is 0 Å². The Morgan fingerprint density at radius 2 is 1.74 bits per heavy atom. The lowest BCUT2D eigenvalue weighted by Gasteiger charge is -2.19. The number of nitrogens with zero attached hydrogens (tertiary/aromatic N) is 2. The van der Waals surface area contributed by atoms with Crippen LogP contribution in [0.3, 0.4) is 0 Å². The summed E-state index contributed by atoms with van der Waals surface area (Å²) < 4.78 is 37.9. The summed E-state index contributed by atoms with van der Waals surface area (Å²) in [7, 11) is -2.24. The molecular weight excluding hydrogens is 466 g/mol. The van der Waals surface area contributed by atoms with Crippen molar-refractivity contribution in [2.75, 3.05) is 24.6 Å². The van der Waals surface area contributed by atoms with Gasteiger partial charge in [-0.15, -0.1) is 0 Å². The summed E-state index contributed by atoms with van der Waals surface area (Å²) in [6, 6.07) is 19.7. The molecule has 0 heterocycles. The molecule has 35 heavy (non-hydrogen) atoms. The van der Waals surface area contributed by atoms with Crippen molar-refractivity contribution in [2.24, 2.45) is 5.10 Å². The minimum absolute atomic E-state index is 0.187. The second-order valence-corrected chi connectivity index (χ2v) is 9.24. The van der Waals surface area contributed by atoms with E-state index in [1.54, 1.807) is 54.6 Å². The van der Waals surface area contributed by atoms with E-state index in [1.165, 1.54) is 41.8 Å². The Bertz CT molecular complexity index is 1290. The van der Waals surface area contributed by atoms with E-state index in [1.807, 2.05) is 6.92 Å². The van der Waals surface area contributed by atoms with Crippen LogP contribution in [0, 0.1) is 0 Å². The van der Waals surface area contributed by atoms with Crippen LogP contribution in [0.4, 0.5) is 5.69 Å². The molecule has 0 saturated carbocycles. The molecule has 0 saturated heterocycles. The van der Waals surface area contributed by atoms with E-state index in [-0.39, 0.29) is 4.90 Å². The van der Waals surface area contributed by atoms with Crippen LogP contribution < -0.4 is 19.2 Å². The topological polar surface area (TPSA) is 97.3 Å². The molecular formula is C26H27N3O5S. The molecule has 0 aliphatic heterocycles. The van der Waals surface area contributed by atoms with E-state index in [9.17, 15) is 13.2 Å². The number of carbonyl (C=O) groups excluding carboxylic acids is 1. The number of amides is 1. The van der Waals surface area contributed by atoms with Gasteiger partial charge in [-0.3, -0.25) is 9.10 Å². The van der Waals surface area contributed by atoms with Gasteiger partial charge in [-0.25, -0.2) is 13.8 Å². The minimum atomic E-state index is -3.70. The molecule has 0 atom stereocenters. The van der Waals surface area contributed by atoms with Crippen molar-refractivity contribution in [2.45, 2.75) is 11.8 Å². The molecule has 0 bridgehead atoms. The van der Waals surface area contributed by atoms with Gasteiger partial charge in [0, 0.05) is 12.6 Å². The maximum atomic E-state index is 12.8. The van der Waals surface area contributed by atoms with Crippen LogP contribution in [0.5, 0.6) is 11.5 Å². The van der Waals surface area contributed by atoms with Gasteiger partial charge in [0.15, 0.2) is 11.5 Å². The average molecular weight is 494 g/mol. The van der Waals surface area contributed by atoms with Crippen LogP contribution in [0.2, 0.25) is 0 Å². The van der Waals surface area contributed by atoms with Gasteiger partial charge in [0.1, 0.15) is 6.61 Å². The molecule has 0 spiro atoms. The number of sulfonamides is 1. The van der Waals surface area contributed by atoms with Gasteiger partial charge in [-0.05, 0) is 67.1 Å². The Kier molecular flexibility index (Phi) is 8.63. The normalized spacial score (nSPS) is 11.1. The van der Waals surface area contributed by atoms with E-state index in [4.69, 9.17) is 9.47 Å². The quantitative estimate of drug-likeness (QED) is 0.245. The first-order chi connectivity index (χ1) is 16.9. The monoisotopic (exact) mass is 493 g/mol. The van der Waals surface area contributed by atoms with Gasteiger partial charge in [0.05, 0.1) is 23.4 Å². The Hall–Kier alpha value is -4.11.